The van der Waals surface area contributed by atoms with Crippen molar-refractivity contribution < 1.29 is 0 Å². The predicted octanol–water partition coefficient (Wildman–Crippen LogP) is 3.08. The maximum atomic E-state index is 4.35. The van der Waals surface area contributed by atoms with Gasteiger partial charge in [0.05, 0.1) is 23.1 Å². The Hall–Kier alpha value is -2.75. The van der Waals surface area contributed by atoms with Gasteiger partial charge in [-0.1, -0.05) is 24.3 Å². The molecule has 2 heterocycles. The molecule has 0 spiro atoms. The molecule has 92 valence electrons. The van der Waals surface area contributed by atoms with Crippen LogP contribution in [0.3, 0.4) is 0 Å². The lowest BCUT2D eigenvalue weighted by molar-refractivity contribution is 1.28. The summed E-state index contributed by atoms with van der Waals surface area (Å²) in [4.78, 5) is 8.52. The van der Waals surface area contributed by atoms with E-state index in [2.05, 4.69) is 20.5 Å². The first-order valence-corrected chi connectivity index (χ1v) is 5.97. The molecule has 0 unspecified atom stereocenters. The second kappa shape index (κ2) is 5.27. The van der Waals surface area contributed by atoms with Crippen molar-refractivity contribution in [1.82, 2.24) is 9.97 Å². The normalized spacial score (nSPS) is 10.9. The summed E-state index contributed by atoms with van der Waals surface area (Å²) in [6.45, 7) is 0. The quantitative estimate of drug-likeness (QED) is 0.572. The highest BCUT2D eigenvalue weighted by Gasteiger charge is 1.99. The van der Waals surface area contributed by atoms with E-state index in [4.69, 9.17) is 0 Å². The van der Waals surface area contributed by atoms with Gasteiger partial charge in [-0.3, -0.25) is 15.4 Å². The number of nitrogens with one attached hydrogen (secondary N) is 1. The smallest absolute Gasteiger partial charge is 0.0951 e. The monoisotopic (exact) mass is 248 g/mol. The Labute approximate surface area is 110 Å². The molecule has 0 fully saturated rings. The van der Waals surface area contributed by atoms with Gasteiger partial charge in [0, 0.05) is 17.8 Å². The van der Waals surface area contributed by atoms with Gasteiger partial charge in [0.25, 0.3) is 0 Å². The van der Waals surface area contributed by atoms with Crippen molar-refractivity contribution in [3.8, 4) is 0 Å². The van der Waals surface area contributed by atoms with Crippen molar-refractivity contribution in [2.45, 2.75) is 0 Å². The van der Waals surface area contributed by atoms with Crippen molar-refractivity contribution in [2.75, 3.05) is 5.43 Å². The Morgan fingerprint density at radius 3 is 2.68 bits per heavy atom. The number of nitrogens with zero attached hydrogens (tertiary/aromatic N) is 3. The molecule has 0 atom stereocenters. The lowest BCUT2D eigenvalue weighted by atomic mass is 10.2. The minimum absolute atomic E-state index is 0.809. The highest BCUT2D eigenvalue weighted by molar-refractivity contribution is 5.90. The lowest BCUT2D eigenvalue weighted by Crippen LogP contribution is -1.93. The van der Waals surface area contributed by atoms with Gasteiger partial charge in [-0.2, -0.15) is 5.10 Å². The summed E-state index contributed by atoms with van der Waals surface area (Å²) in [7, 11) is 0. The van der Waals surface area contributed by atoms with Crippen molar-refractivity contribution in [1.29, 1.82) is 0 Å². The van der Waals surface area contributed by atoms with Gasteiger partial charge in [0.15, 0.2) is 0 Å². The third kappa shape index (κ3) is 2.57. The Bertz CT molecular complexity index is 702. The number of para-hydroxylation sites is 1. The van der Waals surface area contributed by atoms with Gasteiger partial charge >= 0.3 is 0 Å². The molecule has 4 heteroatoms. The maximum absolute atomic E-state index is 4.35. The van der Waals surface area contributed by atoms with E-state index in [0.29, 0.717) is 0 Å². The van der Waals surface area contributed by atoms with Crippen LogP contribution in [0.1, 0.15) is 5.69 Å². The van der Waals surface area contributed by atoms with E-state index < -0.39 is 0 Å². The van der Waals surface area contributed by atoms with Crippen LogP contribution in [0.5, 0.6) is 0 Å². The van der Waals surface area contributed by atoms with Crippen LogP contribution >= 0.6 is 0 Å². The summed E-state index contributed by atoms with van der Waals surface area (Å²) in [6, 6.07) is 15.6. The number of aromatic nitrogens is 2. The number of pyridine rings is 2. The van der Waals surface area contributed by atoms with E-state index in [9.17, 15) is 0 Å². The average Bonchev–Trinajstić information content (AvgIpc) is 2.49. The lowest BCUT2D eigenvalue weighted by Gasteiger charge is -2.03. The molecule has 0 bridgehead atoms. The molecule has 0 saturated carbocycles. The molecular weight excluding hydrogens is 236 g/mol. The molecule has 0 aliphatic carbocycles. The van der Waals surface area contributed by atoms with E-state index >= 15 is 0 Å². The highest BCUT2D eigenvalue weighted by Crippen LogP contribution is 2.20. The fourth-order valence-corrected chi connectivity index (χ4v) is 1.81. The Balaban J connectivity index is 1.84. The minimum atomic E-state index is 0.809. The first kappa shape index (κ1) is 11.3. The van der Waals surface area contributed by atoms with Crippen LogP contribution in [-0.4, -0.2) is 16.2 Å². The van der Waals surface area contributed by atoms with Gasteiger partial charge in [0.2, 0.25) is 0 Å². The molecule has 0 saturated heterocycles. The molecule has 2 aromatic heterocycles. The molecule has 19 heavy (non-hydrogen) atoms. The number of rotatable bonds is 3. The van der Waals surface area contributed by atoms with Gasteiger partial charge in [-0.25, -0.2) is 0 Å². The summed E-state index contributed by atoms with van der Waals surface area (Å²) in [5.74, 6) is 0. The Morgan fingerprint density at radius 1 is 0.895 bits per heavy atom. The number of hydrogen-bond acceptors (Lipinski definition) is 4. The molecule has 0 amide bonds. The fourth-order valence-electron chi connectivity index (χ4n) is 1.81. The zero-order valence-electron chi connectivity index (χ0n) is 10.2. The van der Waals surface area contributed by atoms with E-state index in [1.165, 1.54) is 0 Å². The summed E-state index contributed by atoms with van der Waals surface area (Å²) < 4.78 is 0. The van der Waals surface area contributed by atoms with Crippen LogP contribution in [0.4, 0.5) is 5.69 Å². The van der Waals surface area contributed by atoms with Crippen molar-refractivity contribution in [3.05, 3.63) is 66.6 Å². The predicted molar refractivity (Wildman–Crippen MR) is 77.2 cm³/mol. The zero-order chi connectivity index (χ0) is 12.9. The summed E-state index contributed by atoms with van der Waals surface area (Å²) in [5.41, 5.74) is 5.60. The van der Waals surface area contributed by atoms with Crippen molar-refractivity contribution in [3.63, 3.8) is 0 Å². The Morgan fingerprint density at radius 2 is 1.79 bits per heavy atom. The van der Waals surface area contributed by atoms with Crippen LogP contribution in [-0.2, 0) is 0 Å². The van der Waals surface area contributed by atoms with Crippen LogP contribution in [0.25, 0.3) is 10.9 Å². The molecule has 0 aliphatic heterocycles. The standard InChI is InChI=1S/C15H12N4/c1-2-9-16-13(7-1)11-18-19-14-8-3-5-12-6-4-10-17-15(12)14/h1-11,19H/b18-11+. The van der Waals surface area contributed by atoms with Gasteiger partial charge in [-0.15, -0.1) is 0 Å². The van der Waals surface area contributed by atoms with Crippen molar-refractivity contribution in [2.24, 2.45) is 5.10 Å². The van der Waals surface area contributed by atoms with E-state index in [0.717, 1.165) is 22.3 Å². The first-order valence-electron chi connectivity index (χ1n) is 5.97. The molecule has 3 aromatic rings. The number of hydrazone groups is 1. The summed E-state index contributed by atoms with van der Waals surface area (Å²) in [6.07, 6.45) is 5.19. The van der Waals surface area contributed by atoms with Gasteiger partial charge in [0.1, 0.15) is 0 Å². The fraction of sp³-hybridized carbons (Fsp3) is 0. The average molecular weight is 248 g/mol. The molecule has 0 aliphatic rings. The van der Waals surface area contributed by atoms with Crippen molar-refractivity contribution >= 4 is 22.8 Å². The Kier molecular flexibility index (Phi) is 3.14. The van der Waals surface area contributed by atoms with Crippen LogP contribution in [0, 0.1) is 0 Å². The topological polar surface area (TPSA) is 50.2 Å². The van der Waals surface area contributed by atoms with Gasteiger partial charge in [-0.05, 0) is 24.3 Å². The number of benzene rings is 1. The third-order valence-corrected chi connectivity index (χ3v) is 2.70. The van der Waals surface area contributed by atoms with E-state index in [1.54, 1.807) is 18.6 Å². The van der Waals surface area contributed by atoms with Crippen LogP contribution in [0.15, 0.2) is 66.0 Å². The molecule has 1 N–H and O–H groups in total. The number of fused-ring (bicyclic) bond motifs is 1. The molecule has 0 radical (unpaired) electrons. The summed E-state index contributed by atoms with van der Waals surface area (Å²) >= 11 is 0. The SMILES string of the molecule is C(=N\Nc1cccc2cccnc12)/c1ccccn1. The van der Waals surface area contributed by atoms with Crippen LogP contribution < -0.4 is 5.43 Å². The highest BCUT2D eigenvalue weighted by atomic mass is 15.3. The number of anilines is 1. The molecule has 3 rings (SSSR count). The second-order valence-corrected chi connectivity index (χ2v) is 4.01. The second-order valence-electron chi connectivity index (χ2n) is 4.01. The maximum Gasteiger partial charge on any atom is 0.0951 e. The zero-order valence-corrected chi connectivity index (χ0v) is 10.2. The molecule has 4 nitrogen and oxygen atoms in total. The largest absolute Gasteiger partial charge is 0.276 e. The first-order chi connectivity index (χ1) is 9.43. The van der Waals surface area contributed by atoms with E-state index in [1.807, 2.05) is 48.5 Å². The molecule has 1 aromatic carbocycles. The number of hydrogen-bond donors (Lipinski definition) is 1. The van der Waals surface area contributed by atoms with Crippen LogP contribution in [0.2, 0.25) is 0 Å². The minimum Gasteiger partial charge on any atom is -0.276 e. The molecular formula is C15H12N4. The summed E-state index contributed by atoms with van der Waals surface area (Å²) in [5, 5.41) is 5.27. The van der Waals surface area contributed by atoms with Gasteiger partial charge < -0.3 is 0 Å². The third-order valence-electron chi connectivity index (χ3n) is 2.70. The van der Waals surface area contributed by atoms with E-state index in [-0.39, 0.29) is 0 Å².